The summed E-state index contributed by atoms with van der Waals surface area (Å²) in [6.07, 6.45) is 1.75. The molecule has 0 atom stereocenters. The molecule has 2 nitrogen and oxygen atoms in total. The standard InChI is InChI=1S/C8H7NO/c1-6-5-10-7-3-2-4-9-8(6)7/h2-4H,1,5H2. The van der Waals surface area contributed by atoms with Crippen molar-refractivity contribution in [3.05, 3.63) is 30.6 Å². The van der Waals surface area contributed by atoms with Crippen molar-refractivity contribution in [3.63, 3.8) is 0 Å². The zero-order valence-corrected chi connectivity index (χ0v) is 5.50. The first-order valence-electron chi connectivity index (χ1n) is 3.14. The van der Waals surface area contributed by atoms with Gasteiger partial charge in [0.05, 0.1) is 0 Å². The van der Waals surface area contributed by atoms with E-state index < -0.39 is 0 Å². The van der Waals surface area contributed by atoms with E-state index in [4.69, 9.17) is 4.74 Å². The van der Waals surface area contributed by atoms with Crippen LogP contribution in [-0.2, 0) is 0 Å². The second-order valence-electron chi connectivity index (χ2n) is 2.24. The molecule has 2 heterocycles. The molecular formula is C8H7NO. The topological polar surface area (TPSA) is 22.1 Å². The Morgan fingerprint density at radius 1 is 1.60 bits per heavy atom. The van der Waals surface area contributed by atoms with Gasteiger partial charge < -0.3 is 4.74 Å². The molecule has 1 aromatic heterocycles. The Bertz CT molecular complexity index is 280. The summed E-state index contributed by atoms with van der Waals surface area (Å²) in [5.74, 6) is 0.854. The summed E-state index contributed by atoms with van der Waals surface area (Å²) >= 11 is 0. The van der Waals surface area contributed by atoms with Crippen LogP contribution in [0, 0.1) is 0 Å². The molecule has 0 amide bonds. The highest BCUT2D eigenvalue weighted by molar-refractivity contribution is 5.69. The van der Waals surface area contributed by atoms with Crippen LogP contribution in [-0.4, -0.2) is 11.6 Å². The largest absolute Gasteiger partial charge is 0.487 e. The van der Waals surface area contributed by atoms with Crippen LogP contribution in [0.15, 0.2) is 24.9 Å². The summed E-state index contributed by atoms with van der Waals surface area (Å²) in [4.78, 5) is 4.12. The van der Waals surface area contributed by atoms with Crippen molar-refractivity contribution in [3.8, 4) is 5.75 Å². The van der Waals surface area contributed by atoms with Crippen molar-refractivity contribution in [1.29, 1.82) is 0 Å². The first kappa shape index (κ1) is 5.47. The second-order valence-corrected chi connectivity index (χ2v) is 2.24. The average molecular weight is 133 g/mol. The normalized spacial score (nSPS) is 14.6. The van der Waals surface area contributed by atoms with E-state index in [9.17, 15) is 0 Å². The number of ether oxygens (including phenoxy) is 1. The van der Waals surface area contributed by atoms with E-state index in [1.54, 1.807) is 6.20 Å². The molecule has 0 fully saturated rings. The minimum absolute atomic E-state index is 0.590. The monoisotopic (exact) mass is 133 g/mol. The van der Waals surface area contributed by atoms with Gasteiger partial charge in [0.1, 0.15) is 18.1 Å². The smallest absolute Gasteiger partial charge is 0.145 e. The van der Waals surface area contributed by atoms with Gasteiger partial charge in [0.25, 0.3) is 0 Å². The maximum Gasteiger partial charge on any atom is 0.145 e. The van der Waals surface area contributed by atoms with Gasteiger partial charge in [-0.1, -0.05) is 6.58 Å². The van der Waals surface area contributed by atoms with E-state index in [2.05, 4.69) is 11.6 Å². The predicted molar refractivity (Wildman–Crippen MR) is 38.8 cm³/mol. The lowest BCUT2D eigenvalue weighted by Crippen LogP contribution is -1.84. The van der Waals surface area contributed by atoms with Crippen LogP contribution in [0.2, 0.25) is 0 Å². The third kappa shape index (κ3) is 0.620. The van der Waals surface area contributed by atoms with Crippen molar-refractivity contribution in [2.75, 3.05) is 6.61 Å². The SMILES string of the molecule is C=C1COc2cccnc21. The highest BCUT2D eigenvalue weighted by Gasteiger charge is 2.15. The highest BCUT2D eigenvalue weighted by Crippen LogP contribution is 2.28. The fourth-order valence-electron chi connectivity index (χ4n) is 1.01. The first-order chi connectivity index (χ1) is 4.88. The molecule has 0 spiro atoms. The van der Waals surface area contributed by atoms with Gasteiger partial charge in [-0.3, -0.25) is 4.98 Å². The molecule has 1 aliphatic heterocycles. The third-order valence-corrected chi connectivity index (χ3v) is 1.51. The first-order valence-corrected chi connectivity index (χ1v) is 3.14. The lowest BCUT2D eigenvalue weighted by molar-refractivity contribution is 0.388. The van der Waals surface area contributed by atoms with Crippen molar-refractivity contribution in [2.24, 2.45) is 0 Å². The van der Waals surface area contributed by atoms with Gasteiger partial charge in [-0.05, 0) is 12.1 Å². The number of fused-ring (bicyclic) bond motifs is 1. The van der Waals surface area contributed by atoms with E-state index in [0.29, 0.717) is 6.61 Å². The minimum atomic E-state index is 0.590. The van der Waals surface area contributed by atoms with Crippen LogP contribution in [0.4, 0.5) is 0 Å². The Kier molecular flexibility index (Phi) is 1.01. The Balaban J connectivity index is 2.61. The Labute approximate surface area is 59.2 Å². The molecule has 10 heavy (non-hydrogen) atoms. The second kappa shape index (κ2) is 1.84. The number of pyridine rings is 1. The van der Waals surface area contributed by atoms with E-state index in [1.165, 1.54) is 0 Å². The molecule has 50 valence electrons. The molecule has 0 saturated carbocycles. The molecule has 2 rings (SSSR count). The van der Waals surface area contributed by atoms with Gasteiger partial charge in [-0.15, -0.1) is 0 Å². The summed E-state index contributed by atoms with van der Waals surface area (Å²) < 4.78 is 5.25. The fraction of sp³-hybridized carbons (Fsp3) is 0.125. The van der Waals surface area contributed by atoms with Crippen LogP contribution in [0.1, 0.15) is 5.69 Å². The summed E-state index contributed by atoms with van der Waals surface area (Å²) in [7, 11) is 0. The van der Waals surface area contributed by atoms with Gasteiger partial charge in [0.2, 0.25) is 0 Å². The Morgan fingerprint density at radius 3 is 3.30 bits per heavy atom. The van der Waals surface area contributed by atoms with E-state index >= 15 is 0 Å². The van der Waals surface area contributed by atoms with Gasteiger partial charge in [-0.2, -0.15) is 0 Å². The maximum absolute atomic E-state index is 5.25. The van der Waals surface area contributed by atoms with Crippen molar-refractivity contribution >= 4 is 5.57 Å². The average Bonchev–Trinajstić information content (AvgIpc) is 2.34. The molecule has 0 aromatic carbocycles. The summed E-state index contributed by atoms with van der Waals surface area (Å²) in [6.45, 7) is 4.40. The van der Waals surface area contributed by atoms with E-state index in [-0.39, 0.29) is 0 Å². The summed E-state index contributed by atoms with van der Waals surface area (Å²) in [6, 6.07) is 3.76. The molecule has 1 aliphatic rings. The molecule has 0 saturated heterocycles. The molecule has 0 N–H and O–H groups in total. The number of rotatable bonds is 0. The molecular weight excluding hydrogens is 126 g/mol. The quantitative estimate of drug-likeness (QED) is 0.535. The van der Waals surface area contributed by atoms with Crippen molar-refractivity contribution < 1.29 is 4.74 Å². The fourth-order valence-corrected chi connectivity index (χ4v) is 1.01. The lowest BCUT2D eigenvalue weighted by Gasteiger charge is -1.92. The zero-order valence-electron chi connectivity index (χ0n) is 5.50. The maximum atomic E-state index is 5.25. The van der Waals surface area contributed by atoms with Gasteiger partial charge in [0, 0.05) is 11.8 Å². The molecule has 2 heteroatoms. The Hall–Kier alpha value is -1.31. The molecule has 1 aromatic rings. The highest BCUT2D eigenvalue weighted by atomic mass is 16.5. The van der Waals surface area contributed by atoms with Crippen LogP contribution in [0.3, 0.4) is 0 Å². The Morgan fingerprint density at radius 2 is 2.50 bits per heavy atom. The van der Waals surface area contributed by atoms with E-state index in [0.717, 1.165) is 17.0 Å². The van der Waals surface area contributed by atoms with Gasteiger partial charge in [-0.25, -0.2) is 0 Å². The number of hydrogen-bond donors (Lipinski definition) is 0. The van der Waals surface area contributed by atoms with Crippen LogP contribution in [0.5, 0.6) is 5.75 Å². The summed E-state index contributed by atoms with van der Waals surface area (Å²) in [5, 5.41) is 0. The van der Waals surface area contributed by atoms with Crippen LogP contribution in [0.25, 0.3) is 5.57 Å². The van der Waals surface area contributed by atoms with Gasteiger partial charge >= 0.3 is 0 Å². The third-order valence-electron chi connectivity index (χ3n) is 1.51. The van der Waals surface area contributed by atoms with Crippen molar-refractivity contribution in [2.45, 2.75) is 0 Å². The molecule has 0 unspecified atom stereocenters. The van der Waals surface area contributed by atoms with Gasteiger partial charge in [0.15, 0.2) is 0 Å². The molecule has 0 aliphatic carbocycles. The predicted octanol–water partition coefficient (Wildman–Crippen LogP) is 1.49. The zero-order chi connectivity index (χ0) is 6.97. The summed E-state index contributed by atoms with van der Waals surface area (Å²) in [5.41, 5.74) is 1.87. The lowest BCUT2D eigenvalue weighted by atomic mass is 10.2. The molecule has 0 radical (unpaired) electrons. The number of nitrogens with zero attached hydrogens (tertiary/aromatic N) is 1. The van der Waals surface area contributed by atoms with E-state index in [1.807, 2.05) is 12.1 Å². The number of hydrogen-bond acceptors (Lipinski definition) is 2. The number of aromatic nitrogens is 1. The van der Waals surface area contributed by atoms with Crippen LogP contribution < -0.4 is 4.74 Å². The van der Waals surface area contributed by atoms with Crippen LogP contribution >= 0.6 is 0 Å². The minimum Gasteiger partial charge on any atom is -0.487 e. The van der Waals surface area contributed by atoms with Crippen molar-refractivity contribution in [1.82, 2.24) is 4.98 Å². The molecule has 0 bridgehead atoms.